The first-order valence-electron chi connectivity index (χ1n) is 8.36. The molecule has 0 bridgehead atoms. The molecule has 0 atom stereocenters. The molecule has 0 aliphatic carbocycles. The summed E-state index contributed by atoms with van der Waals surface area (Å²) in [6.07, 6.45) is 0. The molecule has 26 heavy (non-hydrogen) atoms. The van der Waals surface area contributed by atoms with Crippen LogP contribution >= 0.6 is 0 Å². The van der Waals surface area contributed by atoms with Crippen LogP contribution in [-0.4, -0.2) is 56.6 Å². The van der Waals surface area contributed by atoms with Crippen molar-refractivity contribution >= 4 is 11.7 Å². The van der Waals surface area contributed by atoms with E-state index in [0.717, 1.165) is 10.2 Å². The van der Waals surface area contributed by atoms with E-state index in [1.807, 2.05) is 6.07 Å². The number of halogens is 1. The number of aromatic nitrogens is 2. The Morgan fingerprint density at radius 1 is 1.27 bits per heavy atom. The van der Waals surface area contributed by atoms with E-state index < -0.39 is 4.92 Å². The van der Waals surface area contributed by atoms with Crippen molar-refractivity contribution in [2.75, 3.05) is 26.2 Å². The lowest BCUT2D eigenvalue weighted by atomic mass is 10.2. The van der Waals surface area contributed by atoms with E-state index >= 15 is 0 Å². The fourth-order valence-electron chi connectivity index (χ4n) is 3.07. The number of hydrogen-bond donors (Lipinski definition) is 0. The summed E-state index contributed by atoms with van der Waals surface area (Å²) < 4.78 is 14.4. The fourth-order valence-corrected chi connectivity index (χ4v) is 3.07. The summed E-state index contributed by atoms with van der Waals surface area (Å²) in [5.74, 6) is -0.630. The summed E-state index contributed by atoms with van der Waals surface area (Å²) in [6, 6.07) is 7.83. The minimum atomic E-state index is -0.537. The van der Waals surface area contributed by atoms with Crippen molar-refractivity contribution in [2.45, 2.75) is 20.0 Å². The zero-order chi connectivity index (χ0) is 18.7. The number of nitrogens with zero attached hydrogens (tertiary/aromatic N) is 5. The third-order valence-electron chi connectivity index (χ3n) is 4.37. The van der Waals surface area contributed by atoms with Gasteiger partial charge in [0.2, 0.25) is 0 Å². The second kappa shape index (κ2) is 7.61. The first-order valence-corrected chi connectivity index (χ1v) is 8.36. The zero-order valence-corrected chi connectivity index (χ0v) is 14.5. The monoisotopic (exact) mass is 361 g/mol. The van der Waals surface area contributed by atoms with Crippen LogP contribution in [0.1, 0.15) is 11.3 Å². The third kappa shape index (κ3) is 4.23. The Morgan fingerprint density at radius 2 is 2.00 bits per heavy atom. The van der Waals surface area contributed by atoms with E-state index in [1.165, 1.54) is 18.2 Å². The van der Waals surface area contributed by atoms with Crippen molar-refractivity contribution in [1.29, 1.82) is 0 Å². The highest BCUT2D eigenvalue weighted by Crippen LogP contribution is 2.14. The first-order chi connectivity index (χ1) is 12.4. The summed E-state index contributed by atoms with van der Waals surface area (Å²) in [4.78, 5) is 26.8. The molecule has 1 aromatic heterocycles. The topological polar surface area (TPSA) is 84.5 Å². The Hall–Kier alpha value is -2.81. The van der Waals surface area contributed by atoms with Gasteiger partial charge in [0.15, 0.2) is 6.54 Å². The second-order valence-electron chi connectivity index (χ2n) is 6.35. The number of aryl methyl sites for hydroxylation is 1. The van der Waals surface area contributed by atoms with Crippen LogP contribution in [-0.2, 0) is 17.9 Å². The summed E-state index contributed by atoms with van der Waals surface area (Å²) >= 11 is 0. The van der Waals surface area contributed by atoms with Crippen LogP contribution in [0.4, 0.5) is 10.2 Å². The summed E-state index contributed by atoms with van der Waals surface area (Å²) in [5.41, 5.74) is 1.40. The van der Waals surface area contributed by atoms with Crippen LogP contribution in [0.3, 0.4) is 0 Å². The van der Waals surface area contributed by atoms with Crippen LogP contribution < -0.4 is 0 Å². The maximum atomic E-state index is 13.3. The number of hydrogen-bond acceptors (Lipinski definition) is 5. The molecule has 1 saturated heterocycles. The molecule has 1 aliphatic rings. The molecule has 8 nitrogen and oxygen atoms in total. The molecule has 1 amide bonds. The average Bonchev–Trinajstić information content (AvgIpc) is 2.96. The summed E-state index contributed by atoms with van der Waals surface area (Å²) in [7, 11) is 0. The van der Waals surface area contributed by atoms with Gasteiger partial charge in [0.25, 0.3) is 5.91 Å². The van der Waals surface area contributed by atoms with Crippen molar-refractivity contribution < 1.29 is 14.1 Å². The van der Waals surface area contributed by atoms with Gasteiger partial charge in [-0.1, -0.05) is 17.2 Å². The largest absolute Gasteiger partial charge is 0.358 e. The Kier molecular flexibility index (Phi) is 5.27. The highest BCUT2D eigenvalue weighted by atomic mass is 19.1. The molecule has 138 valence electrons. The van der Waals surface area contributed by atoms with Crippen molar-refractivity contribution in [1.82, 2.24) is 19.6 Å². The van der Waals surface area contributed by atoms with Crippen LogP contribution in [0.5, 0.6) is 0 Å². The lowest BCUT2D eigenvalue weighted by Gasteiger charge is -2.34. The van der Waals surface area contributed by atoms with Gasteiger partial charge in [0.05, 0.1) is 11.8 Å². The van der Waals surface area contributed by atoms with E-state index in [-0.39, 0.29) is 24.1 Å². The van der Waals surface area contributed by atoms with Gasteiger partial charge in [-0.3, -0.25) is 9.69 Å². The summed E-state index contributed by atoms with van der Waals surface area (Å²) in [5, 5.41) is 15.0. The number of nitro groups is 1. The van der Waals surface area contributed by atoms with E-state index in [1.54, 1.807) is 17.9 Å². The maximum Gasteiger partial charge on any atom is 0.345 e. The lowest BCUT2D eigenvalue weighted by Crippen LogP contribution is -2.49. The smallest absolute Gasteiger partial charge is 0.345 e. The Balaban J connectivity index is 1.54. The molecule has 0 saturated carbocycles. The van der Waals surface area contributed by atoms with Crippen LogP contribution in [0.15, 0.2) is 30.3 Å². The normalized spacial score (nSPS) is 15.2. The molecular weight excluding hydrogens is 341 g/mol. The number of benzene rings is 1. The lowest BCUT2D eigenvalue weighted by molar-refractivity contribution is -0.392. The van der Waals surface area contributed by atoms with E-state index in [2.05, 4.69) is 10.00 Å². The van der Waals surface area contributed by atoms with Crippen LogP contribution in [0.2, 0.25) is 0 Å². The predicted molar refractivity (Wildman–Crippen MR) is 91.9 cm³/mol. The molecule has 0 unspecified atom stereocenters. The van der Waals surface area contributed by atoms with Gasteiger partial charge < -0.3 is 15.0 Å². The van der Waals surface area contributed by atoms with E-state index in [0.29, 0.717) is 38.4 Å². The van der Waals surface area contributed by atoms with Crippen molar-refractivity contribution in [2.24, 2.45) is 0 Å². The van der Waals surface area contributed by atoms with Crippen LogP contribution in [0.25, 0.3) is 0 Å². The molecule has 0 spiro atoms. The third-order valence-corrected chi connectivity index (χ3v) is 4.37. The van der Waals surface area contributed by atoms with Gasteiger partial charge >= 0.3 is 5.82 Å². The number of carbonyl (C=O) groups is 1. The van der Waals surface area contributed by atoms with Gasteiger partial charge in [-0.15, -0.1) is 4.68 Å². The number of piperazine rings is 1. The molecular formula is C17H20FN5O3. The van der Waals surface area contributed by atoms with Gasteiger partial charge in [-0.25, -0.2) is 4.39 Å². The fraction of sp³-hybridized carbons (Fsp3) is 0.412. The van der Waals surface area contributed by atoms with Crippen molar-refractivity contribution in [3.63, 3.8) is 0 Å². The molecule has 1 fully saturated rings. The Labute approximate surface area is 150 Å². The highest BCUT2D eigenvalue weighted by Gasteiger charge is 2.25. The van der Waals surface area contributed by atoms with E-state index in [4.69, 9.17) is 0 Å². The molecule has 3 rings (SSSR count). The molecule has 0 radical (unpaired) electrons. The van der Waals surface area contributed by atoms with Gasteiger partial charge in [-0.05, 0) is 29.5 Å². The van der Waals surface area contributed by atoms with Gasteiger partial charge in [0.1, 0.15) is 5.82 Å². The standard InChI is InChI=1S/C17H20FN5O3/c1-13-9-16(23(25)26)22(19-13)12-17(24)21-7-5-20(6-8-21)11-14-3-2-4-15(18)10-14/h2-4,9-10H,5-8,11-12H2,1H3. The molecule has 1 aromatic carbocycles. The van der Waals surface area contributed by atoms with E-state index in [9.17, 15) is 19.3 Å². The number of amides is 1. The Morgan fingerprint density at radius 3 is 2.65 bits per heavy atom. The highest BCUT2D eigenvalue weighted by molar-refractivity contribution is 5.76. The van der Waals surface area contributed by atoms with Crippen molar-refractivity contribution in [3.05, 3.63) is 57.5 Å². The summed E-state index contributed by atoms with van der Waals surface area (Å²) in [6.45, 7) is 4.53. The molecule has 2 heterocycles. The minimum Gasteiger partial charge on any atom is -0.358 e. The number of carbonyl (C=O) groups excluding carboxylic acids is 1. The zero-order valence-electron chi connectivity index (χ0n) is 14.5. The number of rotatable bonds is 5. The first kappa shape index (κ1) is 18.0. The molecule has 9 heteroatoms. The van der Waals surface area contributed by atoms with Gasteiger partial charge in [-0.2, -0.15) is 0 Å². The second-order valence-corrected chi connectivity index (χ2v) is 6.35. The average molecular weight is 361 g/mol. The quantitative estimate of drug-likeness (QED) is 0.596. The van der Waals surface area contributed by atoms with Crippen LogP contribution in [0, 0.1) is 22.9 Å². The molecule has 2 aromatic rings. The predicted octanol–water partition coefficient (Wildman–Crippen LogP) is 1.58. The molecule has 0 N–H and O–H groups in total. The maximum absolute atomic E-state index is 13.3. The van der Waals surface area contributed by atoms with Gasteiger partial charge in [0, 0.05) is 32.7 Å². The van der Waals surface area contributed by atoms with Crippen molar-refractivity contribution in [3.8, 4) is 0 Å². The molecule has 1 aliphatic heterocycles. The minimum absolute atomic E-state index is 0.145. The SMILES string of the molecule is Cc1cc([N+](=O)[O-])n(CC(=O)N2CCN(Cc3cccc(F)c3)CC2)n1. The Bertz CT molecular complexity index is 814.